The standard InChI is InChI=1S/C21H20Cl2N2O4S/c1-3-4-9-28-20(27)13-5-7-16-18(10-13)30-21(24-16)25-19(26)12(2)29-17-8-6-14(22)11-15(17)23/h5-8,10-12H,3-4,9H2,1-2H3,(H,24,25,26). The summed E-state index contributed by atoms with van der Waals surface area (Å²) in [6.45, 7) is 4.04. The number of aromatic nitrogens is 1. The number of benzene rings is 2. The van der Waals surface area contributed by atoms with Crippen molar-refractivity contribution in [3.05, 3.63) is 52.0 Å². The van der Waals surface area contributed by atoms with Crippen molar-refractivity contribution in [1.29, 1.82) is 0 Å². The fraction of sp³-hybridized carbons (Fsp3) is 0.286. The number of amides is 1. The van der Waals surface area contributed by atoms with E-state index in [4.69, 9.17) is 32.7 Å². The molecule has 30 heavy (non-hydrogen) atoms. The fourth-order valence-corrected chi connectivity index (χ4v) is 3.88. The molecule has 6 nitrogen and oxygen atoms in total. The number of thiazole rings is 1. The number of ether oxygens (including phenoxy) is 2. The lowest BCUT2D eigenvalue weighted by atomic mass is 10.2. The highest BCUT2D eigenvalue weighted by atomic mass is 35.5. The minimum absolute atomic E-state index is 0.320. The Kier molecular flexibility index (Phi) is 7.53. The molecule has 9 heteroatoms. The van der Waals surface area contributed by atoms with Crippen LogP contribution in [0.3, 0.4) is 0 Å². The van der Waals surface area contributed by atoms with Crippen molar-refractivity contribution in [1.82, 2.24) is 4.98 Å². The Bertz CT molecular complexity index is 1070. The predicted octanol–water partition coefficient (Wildman–Crippen LogP) is 5.97. The van der Waals surface area contributed by atoms with Crippen molar-refractivity contribution in [3.8, 4) is 5.75 Å². The molecule has 0 aliphatic carbocycles. The van der Waals surface area contributed by atoms with Crippen LogP contribution in [0.2, 0.25) is 10.0 Å². The number of halogens is 2. The number of hydrogen-bond donors (Lipinski definition) is 1. The summed E-state index contributed by atoms with van der Waals surface area (Å²) in [6.07, 6.45) is 0.975. The van der Waals surface area contributed by atoms with Crippen LogP contribution in [0.1, 0.15) is 37.0 Å². The van der Waals surface area contributed by atoms with Gasteiger partial charge in [0.2, 0.25) is 0 Å². The van der Waals surface area contributed by atoms with Gasteiger partial charge in [-0.15, -0.1) is 0 Å². The topological polar surface area (TPSA) is 77.5 Å². The lowest BCUT2D eigenvalue weighted by Gasteiger charge is -2.14. The maximum atomic E-state index is 12.5. The van der Waals surface area contributed by atoms with Crippen LogP contribution >= 0.6 is 34.5 Å². The normalized spacial score (nSPS) is 11.9. The molecule has 1 amide bonds. The van der Waals surface area contributed by atoms with Crippen LogP contribution in [0.5, 0.6) is 5.75 Å². The first-order chi connectivity index (χ1) is 14.4. The van der Waals surface area contributed by atoms with E-state index in [0.717, 1.165) is 17.5 Å². The second-order valence-electron chi connectivity index (χ2n) is 6.52. The van der Waals surface area contributed by atoms with Gasteiger partial charge < -0.3 is 9.47 Å². The van der Waals surface area contributed by atoms with Crippen LogP contribution in [0.25, 0.3) is 10.2 Å². The van der Waals surface area contributed by atoms with Gasteiger partial charge in [0, 0.05) is 5.02 Å². The summed E-state index contributed by atoms with van der Waals surface area (Å²) in [5.74, 6) is -0.385. The first-order valence-electron chi connectivity index (χ1n) is 9.37. The molecule has 1 N–H and O–H groups in total. The van der Waals surface area contributed by atoms with E-state index in [1.165, 1.54) is 11.3 Å². The molecule has 3 aromatic rings. The summed E-state index contributed by atoms with van der Waals surface area (Å²) in [7, 11) is 0. The van der Waals surface area contributed by atoms with E-state index in [2.05, 4.69) is 10.3 Å². The summed E-state index contributed by atoms with van der Waals surface area (Å²) in [5.41, 5.74) is 1.13. The minimum Gasteiger partial charge on any atom is -0.479 e. The number of carbonyl (C=O) groups excluding carboxylic acids is 2. The molecule has 0 fully saturated rings. The maximum Gasteiger partial charge on any atom is 0.338 e. The third-order valence-electron chi connectivity index (χ3n) is 4.15. The molecular formula is C21H20Cl2N2O4S. The van der Waals surface area contributed by atoms with E-state index in [9.17, 15) is 9.59 Å². The lowest BCUT2D eigenvalue weighted by Crippen LogP contribution is -2.30. The molecule has 0 aliphatic rings. The number of nitrogens with one attached hydrogen (secondary N) is 1. The quantitative estimate of drug-likeness (QED) is 0.327. The highest BCUT2D eigenvalue weighted by molar-refractivity contribution is 7.22. The van der Waals surface area contributed by atoms with Crippen molar-refractivity contribution in [2.75, 3.05) is 11.9 Å². The number of nitrogens with zero attached hydrogens (tertiary/aromatic N) is 1. The Balaban J connectivity index is 1.66. The highest BCUT2D eigenvalue weighted by Crippen LogP contribution is 2.30. The second-order valence-corrected chi connectivity index (χ2v) is 8.39. The summed E-state index contributed by atoms with van der Waals surface area (Å²) >= 11 is 13.2. The van der Waals surface area contributed by atoms with E-state index in [0.29, 0.717) is 38.6 Å². The van der Waals surface area contributed by atoms with Gasteiger partial charge in [0.05, 0.1) is 27.4 Å². The Hall–Kier alpha value is -2.35. The smallest absolute Gasteiger partial charge is 0.338 e. The van der Waals surface area contributed by atoms with Crippen molar-refractivity contribution in [2.45, 2.75) is 32.8 Å². The fourth-order valence-electron chi connectivity index (χ4n) is 2.52. The maximum absolute atomic E-state index is 12.5. The molecule has 1 heterocycles. The van der Waals surface area contributed by atoms with Crippen LogP contribution in [0.4, 0.5) is 5.13 Å². The summed E-state index contributed by atoms with van der Waals surface area (Å²) in [6, 6.07) is 9.88. The van der Waals surface area contributed by atoms with Crippen molar-refractivity contribution >= 4 is 61.8 Å². The van der Waals surface area contributed by atoms with Crippen LogP contribution < -0.4 is 10.1 Å². The Morgan fingerprint density at radius 1 is 1.20 bits per heavy atom. The molecule has 3 rings (SSSR count). The Morgan fingerprint density at radius 3 is 2.73 bits per heavy atom. The van der Waals surface area contributed by atoms with Gasteiger partial charge in [-0.25, -0.2) is 9.78 Å². The first-order valence-corrected chi connectivity index (χ1v) is 10.9. The van der Waals surface area contributed by atoms with Gasteiger partial charge in [0.15, 0.2) is 11.2 Å². The molecule has 0 spiro atoms. The van der Waals surface area contributed by atoms with Gasteiger partial charge in [-0.3, -0.25) is 10.1 Å². The SMILES string of the molecule is CCCCOC(=O)c1ccc2nc(NC(=O)C(C)Oc3ccc(Cl)cc3Cl)sc2c1. The van der Waals surface area contributed by atoms with Crippen LogP contribution in [-0.4, -0.2) is 29.6 Å². The van der Waals surface area contributed by atoms with Crippen molar-refractivity contribution in [2.24, 2.45) is 0 Å². The van der Waals surface area contributed by atoms with E-state index in [1.807, 2.05) is 6.92 Å². The van der Waals surface area contributed by atoms with E-state index < -0.39 is 6.10 Å². The van der Waals surface area contributed by atoms with Gasteiger partial charge in [0.1, 0.15) is 5.75 Å². The summed E-state index contributed by atoms with van der Waals surface area (Å²) in [4.78, 5) is 29.0. The average Bonchev–Trinajstić information content (AvgIpc) is 3.11. The molecular weight excluding hydrogens is 447 g/mol. The largest absolute Gasteiger partial charge is 0.479 e. The van der Waals surface area contributed by atoms with Gasteiger partial charge >= 0.3 is 5.97 Å². The highest BCUT2D eigenvalue weighted by Gasteiger charge is 2.18. The summed E-state index contributed by atoms with van der Waals surface area (Å²) < 4.78 is 11.6. The zero-order valence-electron chi connectivity index (χ0n) is 16.4. The van der Waals surface area contributed by atoms with Gasteiger partial charge in [0.25, 0.3) is 5.91 Å². The van der Waals surface area contributed by atoms with Crippen LogP contribution in [-0.2, 0) is 9.53 Å². The molecule has 0 radical (unpaired) electrons. The van der Waals surface area contributed by atoms with Gasteiger partial charge in [-0.05, 0) is 49.7 Å². The number of rotatable bonds is 8. The third-order valence-corrected chi connectivity index (χ3v) is 5.62. The van der Waals surface area contributed by atoms with Gasteiger partial charge in [-0.2, -0.15) is 0 Å². The van der Waals surface area contributed by atoms with E-state index in [1.54, 1.807) is 43.3 Å². The molecule has 0 aliphatic heterocycles. The average molecular weight is 467 g/mol. The van der Waals surface area contributed by atoms with Crippen molar-refractivity contribution < 1.29 is 19.1 Å². The molecule has 0 bridgehead atoms. The third kappa shape index (κ3) is 5.62. The molecule has 1 unspecified atom stereocenters. The first kappa shape index (κ1) is 22.3. The summed E-state index contributed by atoms with van der Waals surface area (Å²) in [5, 5.41) is 3.94. The monoisotopic (exact) mass is 466 g/mol. The number of fused-ring (bicyclic) bond motifs is 1. The molecule has 2 aromatic carbocycles. The van der Waals surface area contributed by atoms with E-state index >= 15 is 0 Å². The predicted molar refractivity (Wildman–Crippen MR) is 120 cm³/mol. The number of hydrogen-bond acceptors (Lipinski definition) is 6. The number of carbonyl (C=O) groups is 2. The second kappa shape index (κ2) is 10.1. The number of esters is 1. The van der Waals surface area contributed by atoms with Crippen molar-refractivity contribution in [3.63, 3.8) is 0 Å². The number of anilines is 1. The minimum atomic E-state index is -0.806. The van der Waals surface area contributed by atoms with Crippen LogP contribution in [0, 0.1) is 0 Å². The molecule has 0 saturated carbocycles. The zero-order valence-corrected chi connectivity index (χ0v) is 18.7. The van der Waals surface area contributed by atoms with Gasteiger partial charge in [-0.1, -0.05) is 47.9 Å². The zero-order chi connectivity index (χ0) is 21.7. The Morgan fingerprint density at radius 2 is 2.00 bits per heavy atom. The van der Waals surface area contributed by atoms with E-state index in [-0.39, 0.29) is 11.9 Å². The molecule has 1 atom stereocenters. The van der Waals surface area contributed by atoms with Crippen LogP contribution in [0.15, 0.2) is 36.4 Å². The molecule has 0 saturated heterocycles. The number of unbranched alkanes of at least 4 members (excludes halogenated alkanes) is 1. The lowest BCUT2D eigenvalue weighted by molar-refractivity contribution is -0.122. The molecule has 1 aromatic heterocycles. The molecule has 158 valence electrons. The Labute approximate surface area is 188 Å².